The molecule has 68 valence electrons. The van der Waals surface area contributed by atoms with E-state index in [1.54, 1.807) is 7.05 Å². The molecule has 0 aromatic heterocycles. The molecule has 0 radical (unpaired) electrons. The third-order valence-corrected chi connectivity index (χ3v) is 1.48. The van der Waals surface area contributed by atoms with Crippen LogP contribution in [0.3, 0.4) is 0 Å². The summed E-state index contributed by atoms with van der Waals surface area (Å²) in [5.41, 5.74) is 1.95. The monoisotopic (exact) mass is 166 g/mol. The molecule has 0 saturated heterocycles. The lowest BCUT2D eigenvalue weighted by Crippen LogP contribution is -2.11. The Balaban J connectivity index is 3.76. The largest absolute Gasteiger partial charge is 0.386 e. The Hall–Kier alpha value is -1.05. The average Bonchev–Trinajstić information content (AvgIpc) is 2.10. The number of rotatable bonds is 5. The molecule has 0 unspecified atom stereocenters. The molecular weight excluding hydrogens is 148 g/mol. The summed E-state index contributed by atoms with van der Waals surface area (Å²) < 4.78 is 0. The number of hydrogen-bond acceptors (Lipinski definition) is 2. The Morgan fingerprint density at radius 1 is 1.50 bits per heavy atom. The van der Waals surface area contributed by atoms with Crippen LogP contribution in [0.1, 0.15) is 20.3 Å². The number of allylic oxidation sites excluding steroid dienone is 2. The molecule has 0 atom stereocenters. The van der Waals surface area contributed by atoms with Gasteiger partial charge in [-0.15, -0.1) is 0 Å². The average molecular weight is 166 g/mol. The standard InChI is InChI=1S/C10H18N2/c1-5-8-12-10(3)7-6-9(2)11-4/h6-7,12H,3,5,8H2,1-2,4H3/b7-6-,11-9+. The molecule has 0 rings (SSSR count). The molecule has 0 spiro atoms. The molecule has 0 aromatic rings. The molecule has 0 heterocycles. The maximum atomic E-state index is 4.00. The van der Waals surface area contributed by atoms with Gasteiger partial charge in [0.05, 0.1) is 0 Å². The van der Waals surface area contributed by atoms with Crippen molar-refractivity contribution in [1.82, 2.24) is 5.32 Å². The van der Waals surface area contributed by atoms with Gasteiger partial charge in [0.2, 0.25) is 0 Å². The molecule has 0 aromatic carbocycles. The van der Waals surface area contributed by atoms with Gasteiger partial charge in [-0.25, -0.2) is 0 Å². The minimum atomic E-state index is 0.944. The van der Waals surface area contributed by atoms with Crippen molar-refractivity contribution in [3.05, 3.63) is 24.4 Å². The van der Waals surface area contributed by atoms with Gasteiger partial charge in [-0.3, -0.25) is 4.99 Å². The second-order valence-corrected chi connectivity index (χ2v) is 2.65. The normalized spacial score (nSPS) is 12.1. The van der Waals surface area contributed by atoms with Crippen molar-refractivity contribution < 1.29 is 0 Å². The first-order valence-corrected chi connectivity index (χ1v) is 4.25. The molecule has 0 fully saturated rings. The van der Waals surface area contributed by atoms with Crippen LogP contribution >= 0.6 is 0 Å². The Morgan fingerprint density at radius 3 is 2.67 bits per heavy atom. The molecular formula is C10H18N2. The van der Waals surface area contributed by atoms with Crippen LogP contribution in [0.15, 0.2) is 29.4 Å². The fraction of sp³-hybridized carbons (Fsp3) is 0.500. The molecule has 0 aliphatic rings. The van der Waals surface area contributed by atoms with Crippen molar-refractivity contribution in [2.75, 3.05) is 13.6 Å². The lowest BCUT2D eigenvalue weighted by atomic mass is 10.3. The fourth-order valence-corrected chi connectivity index (χ4v) is 0.640. The van der Waals surface area contributed by atoms with E-state index < -0.39 is 0 Å². The van der Waals surface area contributed by atoms with Gasteiger partial charge < -0.3 is 5.32 Å². The Kier molecular flexibility index (Phi) is 6.07. The van der Waals surface area contributed by atoms with Gasteiger partial charge in [0.15, 0.2) is 0 Å². The molecule has 0 bridgehead atoms. The summed E-state index contributed by atoms with van der Waals surface area (Å²) in [6.07, 6.45) is 5.01. The highest BCUT2D eigenvalue weighted by atomic mass is 14.9. The first-order valence-electron chi connectivity index (χ1n) is 4.25. The topological polar surface area (TPSA) is 24.4 Å². The summed E-state index contributed by atoms with van der Waals surface area (Å²) >= 11 is 0. The second-order valence-electron chi connectivity index (χ2n) is 2.65. The number of nitrogens with zero attached hydrogens (tertiary/aromatic N) is 1. The maximum Gasteiger partial charge on any atom is 0.0314 e. The first kappa shape index (κ1) is 11.0. The third kappa shape index (κ3) is 5.71. The van der Waals surface area contributed by atoms with Crippen LogP contribution in [0.2, 0.25) is 0 Å². The number of nitrogens with one attached hydrogen (secondary N) is 1. The molecule has 0 saturated carbocycles. The minimum Gasteiger partial charge on any atom is -0.386 e. The Morgan fingerprint density at radius 2 is 2.17 bits per heavy atom. The van der Waals surface area contributed by atoms with Crippen LogP contribution in [0.5, 0.6) is 0 Å². The lowest BCUT2D eigenvalue weighted by Gasteiger charge is -2.01. The van der Waals surface area contributed by atoms with Crippen LogP contribution in [-0.4, -0.2) is 19.3 Å². The highest BCUT2D eigenvalue weighted by molar-refractivity contribution is 5.92. The zero-order valence-corrected chi connectivity index (χ0v) is 8.22. The molecule has 0 amide bonds. The Bertz CT molecular complexity index is 190. The van der Waals surface area contributed by atoms with Gasteiger partial charge in [0, 0.05) is 25.0 Å². The van der Waals surface area contributed by atoms with E-state index in [1.807, 2.05) is 19.1 Å². The SMILES string of the molecule is C=C(/C=C\C(C)=N\C)NCCC. The van der Waals surface area contributed by atoms with Crippen LogP contribution in [-0.2, 0) is 0 Å². The second kappa shape index (κ2) is 6.65. The van der Waals surface area contributed by atoms with Crippen LogP contribution in [0, 0.1) is 0 Å². The summed E-state index contributed by atoms with van der Waals surface area (Å²) in [7, 11) is 1.78. The van der Waals surface area contributed by atoms with Crippen molar-refractivity contribution in [3.8, 4) is 0 Å². The van der Waals surface area contributed by atoms with E-state index in [0.717, 1.165) is 24.4 Å². The van der Waals surface area contributed by atoms with Gasteiger partial charge >= 0.3 is 0 Å². The summed E-state index contributed by atoms with van der Waals surface area (Å²) in [6, 6.07) is 0. The number of aliphatic imine (C=N–C) groups is 1. The van der Waals surface area contributed by atoms with E-state index in [0.29, 0.717) is 0 Å². The van der Waals surface area contributed by atoms with E-state index in [2.05, 4.69) is 23.8 Å². The zero-order valence-electron chi connectivity index (χ0n) is 8.22. The van der Waals surface area contributed by atoms with Crippen molar-refractivity contribution >= 4 is 5.71 Å². The van der Waals surface area contributed by atoms with E-state index in [-0.39, 0.29) is 0 Å². The molecule has 2 heteroatoms. The van der Waals surface area contributed by atoms with Gasteiger partial charge in [-0.2, -0.15) is 0 Å². The molecule has 2 nitrogen and oxygen atoms in total. The van der Waals surface area contributed by atoms with Gasteiger partial charge in [0.25, 0.3) is 0 Å². The third-order valence-electron chi connectivity index (χ3n) is 1.48. The minimum absolute atomic E-state index is 0.944. The van der Waals surface area contributed by atoms with E-state index in [1.165, 1.54) is 0 Å². The maximum absolute atomic E-state index is 4.00. The van der Waals surface area contributed by atoms with E-state index in [9.17, 15) is 0 Å². The van der Waals surface area contributed by atoms with Crippen LogP contribution < -0.4 is 5.32 Å². The molecule has 0 aliphatic heterocycles. The fourth-order valence-electron chi connectivity index (χ4n) is 0.640. The van der Waals surface area contributed by atoms with Crippen LogP contribution in [0.4, 0.5) is 0 Å². The van der Waals surface area contributed by atoms with Crippen LogP contribution in [0.25, 0.3) is 0 Å². The van der Waals surface area contributed by atoms with Crippen molar-refractivity contribution in [2.45, 2.75) is 20.3 Å². The first-order chi connectivity index (χ1) is 5.70. The van der Waals surface area contributed by atoms with E-state index in [4.69, 9.17) is 0 Å². The predicted molar refractivity (Wildman–Crippen MR) is 55.6 cm³/mol. The van der Waals surface area contributed by atoms with Crippen molar-refractivity contribution in [2.24, 2.45) is 4.99 Å². The van der Waals surface area contributed by atoms with Crippen molar-refractivity contribution in [1.29, 1.82) is 0 Å². The summed E-state index contributed by atoms with van der Waals surface area (Å²) in [5.74, 6) is 0. The zero-order chi connectivity index (χ0) is 9.40. The molecule has 12 heavy (non-hydrogen) atoms. The van der Waals surface area contributed by atoms with Gasteiger partial charge in [-0.1, -0.05) is 13.5 Å². The highest BCUT2D eigenvalue weighted by Gasteiger charge is 1.85. The highest BCUT2D eigenvalue weighted by Crippen LogP contribution is 1.89. The summed E-state index contributed by atoms with van der Waals surface area (Å²) in [4.78, 5) is 4.00. The molecule has 0 aliphatic carbocycles. The van der Waals surface area contributed by atoms with E-state index >= 15 is 0 Å². The summed E-state index contributed by atoms with van der Waals surface area (Å²) in [5, 5.41) is 3.18. The number of hydrogen-bond donors (Lipinski definition) is 1. The quantitative estimate of drug-likeness (QED) is 0.491. The molecule has 1 N–H and O–H groups in total. The van der Waals surface area contributed by atoms with Gasteiger partial charge in [0.1, 0.15) is 0 Å². The lowest BCUT2D eigenvalue weighted by molar-refractivity contribution is 0.787. The van der Waals surface area contributed by atoms with Crippen molar-refractivity contribution in [3.63, 3.8) is 0 Å². The Labute approximate surface area is 75.1 Å². The summed E-state index contributed by atoms with van der Waals surface area (Å²) in [6.45, 7) is 8.91. The smallest absolute Gasteiger partial charge is 0.0314 e. The van der Waals surface area contributed by atoms with Gasteiger partial charge in [-0.05, 0) is 25.5 Å². The predicted octanol–water partition coefficient (Wildman–Crippen LogP) is 2.15.